The zero-order valence-electron chi connectivity index (χ0n) is 9.83. The molecule has 1 atom stereocenters. The van der Waals surface area contributed by atoms with E-state index in [1.54, 1.807) is 6.92 Å². The highest BCUT2D eigenvalue weighted by atomic mass is 16.6. The van der Waals surface area contributed by atoms with Crippen molar-refractivity contribution in [2.75, 3.05) is 19.9 Å². The number of benzene rings is 1. The molecule has 1 aromatic carbocycles. The van der Waals surface area contributed by atoms with Crippen LogP contribution < -0.4 is 0 Å². The Morgan fingerprint density at radius 2 is 2.18 bits per heavy atom. The molecule has 1 aliphatic rings. The molecule has 0 bridgehead atoms. The van der Waals surface area contributed by atoms with Crippen LogP contribution in [-0.4, -0.2) is 35.2 Å². The Balaban J connectivity index is 2.01. The van der Waals surface area contributed by atoms with Gasteiger partial charge in [0.05, 0.1) is 13.3 Å². The van der Waals surface area contributed by atoms with E-state index in [-0.39, 0.29) is 11.5 Å². The lowest BCUT2D eigenvalue weighted by molar-refractivity contribution is -0.576. The van der Waals surface area contributed by atoms with Crippen LogP contribution in [0.5, 0.6) is 0 Å². The van der Waals surface area contributed by atoms with Crippen molar-refractivity contribution < 1.29 is 9.66 Å². The molecule has 0 saturated carbocycles. The number of ether oxygens (including phenoxy) is 1. The summed E-state index contributed by atoms with van der Waals surface area (Å²) in [5.74, 6) is 0. The summed E-state index contributed by atoms with van der Waals surface area (Å²) < 4.78 is 5.32. The highest BCUT2D eigenvalue weighted by Crippen LogP contribution is 2.19. The summed E-state index contributed by atoms with van der Waals surface area (Å²) in [4.78, 5) is 12.7. The molecule has 1 heterocycles. The molecule has 0 N–H and O–H groups in total. The van der Waals surface area contributed by atoms with E-state index >= 15 is 0 Å². The van der Waals surface area contributed by atoms with E-state index in [2.05, 4.69) is 0 Å². The SMILES string of the molecule is C[C@]1([N+](=O)[O-])COCN(Cc2ccccc2)C1. The molecule has 5 nitrogen and oxygen atoms in total. The molecule has 17 heavy (non-hydrogen) atoms. The number of rotatable bonds is 3. The molecule has 1 fully saturated rings. The fourth-order valence-electron chi connectivity index (χ4n) is 2.02. The molecule has 0 unspecified atom stereocenters. The summed E-state index contributed by atoms with van der Waals surface area (Å²) >= 11 is 0. The lowest BCUT2D eigenvalue weighted by Gasteiger charge is -2.34. The van der Waals surface area contributed by atoms with Crippen LogP contribution in [0.4, 0.5) is 0 Å². The van der Waals surface area contributed by atoms with Crippen molar-refractivity contribution in [1.29, 1.82) is 0 Å². The van der Waals surface area contributed by atoms with E-state index in [0.29, 0.717) is 19.8 Å². The number of hydrogen-bond donors (Lipinski definition) is 0. The van der Waals surface area contributed by atoms with Crippen LogP contribution >= 0.6 is 0 Å². The minimum atomic E-state index is -0.993. The molecular weight excluding hydrogens is 220 g/mol. The number of nitro groups is 1. The monoisotopic (exact) mass is 236 g/mol. The molecule has 0 amide bonds. The van der Waals surface area contributed by atoms with Crippen LogP contribution in [-0.2, 0) is 11.3 Å². The summed E-state index contributed by atoms with van der Waals surface area (Å²) in [7, 11) is 0. The van der Waals surface area contributed by atoms with E-state index in [4.69, 9.17) is 4.74 Å². The molecule has 1 saturated heterocycles. The fraction of sp³-hybridized carbons (Fsp3) is 0.500. The zero-order valence-corrected chi connectivity index (χ0v) is 9.83. The maximum atomic E-state index is 11.0. The molecule has 0 aromatic heterocycles. The Morgan fingerprint density at radius 3 is 2.82 bits per heavy atom. The fourth-order valence-corrected chi connectivity index (χ4v) is 2.02. The first-order valence-corrected chi connectivity index (χ1v) is 5.59. The first kappa shape index (κ1) is 12.0. The molecule has 1 aliphatic heterocycles. The second-order valence-electron chi connectivity index (χ2n) is 4.70. The molecule has 5 heteroatoms. The van der Waals surface area contributed by atoms with Gasteiger partial charge in [-0.05, 0) is 5.56 Å². The summed E-state index contributed by atoms with van der Waals surface area (Å²) in [5, 5.41) is 11.0. The minimum absolute atomic E-state index is 0.186. The first-order chi connectivity index (χ1) is 8.10. The summed E-state index contributed by atoms with van der Waals surface area (Å²) in [6.07, 6.45) is 0. The van der Waals surface area contributed by atoms with Crippen molar-refractivity contribution in [2.45, 2.75) is 19.0 Å². The van der Waals surface area contributed by atoms with Gasteiger partial charge in [0.2, 0.25) is 0 Å². The topological polar surface area (TPSA) is 55.6 Å². The summed E-state index contributed by atoms with van der Waals surface area (Å²) in [6, 6.07) is 9.91. The maximum Gasteiger partial charge on any atom is 0.254 e. The summed E-state index contributed by atoms with van der Waals surface area (Å²) in [6.45, 7) is 3.38. The van der Waals surface area contributed by atoms with Gasteiger partial charge in [-0.25, -0.2) is 0 Å². The smallest absolute Gasteiger partial charge is 0.254 e. The third kappa shape index (κ3) is 2.81. The van der Waals surface area contributed by atoms with Crippen LogP contribution in [0, 0.1) is 10.1 Å². The van der Waals surface area contributed by atoms with Crippen molar-refractivity contribution in [3.63, 3.8) is 0 Å². The van der Waals surface area contributed by atoms with Gasteiger partial charge in [0.25, 0.3) is 5.54 Å². The van der Waals surface area contributed by atoms with E-state index in [1.165, 1.54) is 0 Å². The van der Waals surface area contributed by atoms with Crippen molar-refractivity contribution in [1.82, 2.24) is 4.90 Å². The van der Waals surface area contributed by atoms with Crippen LogP contribution in [0.15, 0.2) is 30.3 Å². The molecule has 1 aromatic rings. The van der Waals surface area contributed by atoms with Gasteiger partial charge in [-0.1, -0.05) is 30.3 Å². The Labute approximate surface area is 100 Å². The highest BCUT2D eigenvalue weighted by molar-refractivity contribution is 5.14. The normalized spacial score (nSPS) is 25.7. The number of hydrogen-bond acceptors (Lipinski definition) is 4. The van der Waals surface area contributed by atoms with Crippen LogP contribution in [0.2, 0.25) is 0 Å². The van der Waals surface area contributed by atoms with Gasteiger partial charge >= 0.3 is 0 Å². The lowest BCUT2D eigenvalue weighted by atomic mass is 10.0. The average molecular weight is 236 g/mol. The Hall–Kier alpha value is -1.46. The van der Waals surface area contributed by atoms with Crippen molar-refractivity contribution in [2.24, 2.45) is 0 Å². The van der Waals surface area contributed by atoms with E-state index in [0.717, 1.165) is 5.56 Å². The average Bonchev–Trinajstić information content (AvgIpc) is 2.30. The van der Waals surface area contributed by atoms with Gasteiger partial charge in [0.1, 0.15) is 6.61 Å². The van der Waals surface area contributed by atoms with Gasteiger partial charge in [-0.3, -0.25) is 15.0 Å². The lowest BCUT2D eigenvalue weighted by Crippen LogP contribution is -2.54. The summed E-state index contributed by atoms with van der Waals surface area (Å²) in [5.41, 5.74) is 0.149. The van der Waals surface area contributed by atoms with Gasteiger partial charge < -0.3 is 4.74 Å². The van der Waals surface area contributed by atoms with Crippen molar-refractivity contribution in [3.05, 3.63) is 46.0 Å². The molecule has 2 rings (SSSR count). The standard InChI is InChI=1S/C12H16N2O3/c1-12(14(15)16)8-13(10-17-9-12)7-11-5-3-2-4-6-11/h2-6H,7-10H2,1H3/t12-/m1/s1. The quantitative estimate of drug-likeness (QED) is 0.589. The van der Waals surface area contributed by atoms with Gasteiger partial charge in [-0.15, -0.1) is 0 Å². The minimum Gasteiger partial charge on any atom is -0.359 e. The highest BCUT2D eigenvalue weighted by Gasteiger charge is 2.42. The maximum absolute atomic E-state index is 11.0. The molecule has 0 spiro atoms. The van der Waals surface area contributed by atoms with Crippen LogP contribution in [0.3, 0.4) is 0 Å². The Morgan fingerprint density at radius 1 is 1.47 bits per heavy atom. The molecular formula is C12H16N2O3. The first-order valence-electron chi connectivity index (χ1n) is 5.59. The van der Waals surface area contributed by atoms with Crippen molar-refractivity contribution in [3.8, 4) is 0 Å². The van der Waals surface area contributed by atoms with Gasteiger partial charge in [-0.2, -0.15) is 0 Å². The second-order valence-corrected chi connectivity index (χ2v) is 4.70. The Kier molecular flexibility index (Phi) is 3.40. The van der Waals surface area contributed by atoms with E-state index in [1.807, 2.05) is 35.2 Å². The third-order valence-electron chi connectivity index (χ3n) is 2.94. The zero-order chi connectivity index (χ0) is 12.3. The van der Waals surface area contributed by atoms with Gasteiger partial charge in [0, 0.05) is 18.4 Å². The predicted molar refractivity (Wildman–Crippen MR) is 63.1 cm³/mol. The van der Waals surface area contributed by atoms with Crippen molar-refractivity contribution >= 4 is 0 Å². The van der Waals surface area contributed by atoms with Crippen LogP contribution in [0.1, 0.15) is 12.5 Å². The third-order valence-corrected chi connectivity index (χ3v) is 2.94. The molecule has 0 aliphatic carbocycles. The second kappa shape index (κ2) is 4.81. The molecule has 92 valence electrons. The Bertz CT molecular complexity index is 396. The van der Waals surface area contributed by atoms with Gasteiger partial charge in [0.15, 0.2) is 0 Å². The van der Waals surface area contributed by atoms with E-state index < -0.39 is 5.54 Å². The molecule has 0 radical (unpaired) electrons. The van der Waals surface area contributed by atoms with Crippen LogP contribution in [0.25, 0.3) is 0 Å². The predicted octanol–water partition coefficient (Wildman–Crippen LogP) is 1.51. The number of nitrogens with zero attached hydrogens (tertiary/aromatic N) is 2. The van der Waals surface area contributed by atoms with E-state index in [9.17, 15) is 10.1 Å². The largest absolute Gasteiger partial charge is 0.359 e.